The number of fused-ring (bicyclic) bond motifs is 1. The van der Waals surface area contributed by atoms with E-state index in [0.717, 1.165) is 11.8 Å². The van der Waals surface area contributed by atoms with E-state index in [-0.39, 0.29) is 23.0 Å². The highest BCUT2D eigenvalue weighted by atomic mass is 32.2. The van der Waals surface area contributed by atoms with Gasteiger partial charge in [0.25, 0.3) is 5.69 Å². The van der Waals surface area contributed by atoms with Crippen LogP contribution in [0.1, 0.15) is 10.4 Å². The largest absolute Gasteiger partial charge is 0.495 e. The van der Waals surface area contributed by atoms with E-state index in [1.54, 1.807) is 16.7 Å². The topological polar surface area (TPSA) is 96.5 Å². The monoisotopic (exact) mass is 485 g/mol. The van der Waals surface area contributed by atoms with E-state index in [1.165, 1.54) is 43.5 Å². The minimum absolute atomic E-state index is 0.00435. The first-order valence-electron chi connectivity index (χ1n) is 9.88. The molecule has 1 aromatic heterocycles. The Morgan fingerprint density at radius 2 is 1.88 bits per heavy atom. The summed E-state index contributed by atoms with van der Waals surface area (Å²) in [4.78, 5) is 28.0. The number of hydrogen-bond acceptors (Lipinski definition) is 7. The molecular formula is C23H17F2N3O5S. The summed E-state index contributed by atoms with van der Waals surface area (Å²) in [7, 11) is 1.53. The molecule has 34 heavy (non-hydrogen) atoms. The molecule has 0 aliphatic carbocycles. The van der Waals surface area contributed by atoms with Crippen molar-refractivity contribution >= 4 is 34.3 Å². The summed E-state index contributed by atoms with van der Waals surface area (Å²) in [6.07, 6.45) is 0. The lowest BCUT2D eigenvalue weighted by molar-refractivity contribution is -0.384. The van der Waals surface area contributed by atoms with Crippen LogP contribution in [-0.4, -0.2) is 39.7 Å². The highest BCUT2D eigenvalue weighted by Gasteiger charge is 2.20. The molecule has 174 valence electrons. The van der Waals surface area contributed by atoms with Crippen molar-refractivity contribution in [3.8, 4) is 17.2 Å². The number of nitrogens with zero attached hydrogens (tertiary/aromatic N) is 3. The Morgan fingerprint density at radius 3 is 2.56 bits per heavy atom. The molecule has 4 rings (SSSR count). The van der Waals surface area contributed by atoms with Gasteiger partial charge in [-0.25, -0.2) is 4.98 Å². The van der Waals surface area contributed by atoms with Crippen LogP contribution in [0.5, 0.6) is 11.5 Å². The van der Waals surface area contributed by atoms with Gasteiger partial charge < -0.3 is 9.47 Å². The van der Waals surface area contributed by atoms with Gasteiger partial charge in [0.15, 0.2) is 10.9 Å². The molecule has 3 aromatic carbocycles. The van der Waals surface area contributed by atoms with Crippen LogP contribution < -0.4 is 9.47 Å². The predicted octanol–water partition coefficient (Wildman–Crippen LogP) is 5.52. The molecule has 0 saturated heterocycles. The number of alkyl halides is 2. The normalized spacial score (nSPS) is 11.1. The summed E-state index contributed by atoms with van der Waals surface area (Å²) in [6.45, 7) is -2.95. The van der Waals surface area contributed by atoms with Crippen molar-refractivity contribution in [3.63, 3.8) is 0 Å². The number of halogens is 2. The summed E-state index contributed by atoms with van der Waals surface area (Å²) in [5.74, 6) is 0.259. The number of nitro benzene ring substituents is 1. The van der Waals surface area contributed by atoms with Crippen molar-refractivity contribution in [2.45, 2.75) is 11.8 Å². The Labute approximate surface area is 196 Å². The summed E-state index contributed by atoms with van der Waals surface area (Å²) in [6, 6.07) is 17.0. The number of para-hydroxylation sites is 2. The van der Waals surface area contributed by atoms with Gasteiger partial charge in [-0.15, -0.1) is 0 Å². The highest BCUT2D eigenvalue weighted by molar-refractivity contribution is 7.99. The van der Waals surface area contributed by atoms with Gasteiger partial charge in [0.1, 0.15) is 11.5 Å². The van der Waals surface area contributed by atoms with Crippen LogP contribution >= 0.6 is 11.8 Å². The fourth-order valence-electron chi connectivity index (χ4n) is 3.34. The number of rotatable bonds is 9. The van der Waals surface area contributed by atoms with Crippen LogP contribution in [-0.2, 0) is 0 Å². The lowest BCUT2D eigenvalue weighted by atomic mass is 10.1. The number of methoxy groups -OCH3 is 1. The lowest BCUT2D eigenvalue weighted by Gasteiger charge is -2.13. The maximum atomic E-state index is 12.7. The third kappa shape index (κ3) is 4.84. The van der Waals surface area contributed by atoms with Gasteiger partial charge in [0.05, 0.1) is 34.5 Å². The molecular weight excluding hydrogens is 468 g/mol. The molecule has 0 aliphatic heterocycles. The van der Waals surface area contributed by atoms with Gasteiger partial charge in [-0.3, -0.25) is 19.5 Å². The number of Topliss-reactive ketones (excluding diaryl/α,β-unsaturated/α-hetero) is 1. The van der Waals surface area contributed by atoms with E-state index in [1.807, 2.05) is 18.2 Å². The van der Waals surface area contributed by atoms with E-state index in [0.29, 0.717) is 33.2 Å². The number of benzene rings is 3. The minimum atomic E-state index is -2.95. The van der Waals surface area contributed by atoms with E-state index >= 15 is 0 Å². The second-order valence-corrected chi connectivity index (χ2v) is 7.89. The number of ketones is 1. The first kappa shape index (κ1) is 23.2. The van der Waals surface area contributed by atoms with Crippen LogP contribution in [0.25, 0.3) is 16.7 Å². The van der Waals surface area contributed by atoms with Crippen molar-refractivity contribution in [2.24, 2.45) is 0 Å². The van der Waals surface area contributed by atoms with E-state index in [9.17, 15) is 23.7 Å². The molecule has 0 saturated carbocycles. The third-order valence-electron chi connectivity index (χ3n) is 4.88. The number of carbonyl (C=O) groups excluding carboxylic acids is 1. The molecule has 0 fully saturated rings. The molecule has 0 amide bonds. The fraction of sp³-hybridized carbons (Fsp3) is 0.130. The first-order chi connectivity index (χ1) is 16.4. The van der Waals surface area contributed by atoms with Gasteiger partial charge in [-0.05, 0) is 42.5 Å². The van der Waals surface area contributed by atoms with Crippen molar-refractivity contribution in [1.29, 1.82) is 0 Å². The Balaban J connectivity index is 1.67. The number of hydrogen-bond donors (Lipinski definition) is 0. The van der Waals surface area contributed by atoms with Crippen molar-refractivity contribution < 1.29 is 28.0 Å². The number of nitro groups is 1. The lowest BCUT2D eigenvalue weighted by Crippen LogP contribution is -2.06. The third-order valence-corrected chi connectivity index (χ3v) is 5.82. The Bertz CT molecular complexity index is 1360. The number of imidazole rings is 1. The summed E-state index contributed by atoms with van der Waals surface area (Å²) < 4.78 is 36.2. The second-order valence-electron chi connectivity index (χ2n) is 6.95. The van der Waals surface area contributed by atoms with E-state index < -0.39 is 11.5 Å². The second kappa shape index (κ2) is 9.87. The van der Waals surface area contributed by atoms with Crippen molar-refractivity contribution in [1.82, 2.24) is 9.55 Å². The zero-order valence-corrected chi connectivity index (χ0v) is 18.5. The number of aromatic nitrogens is 2. The van der Waals surface area contributed by atoms with Gasteiger partial charge in [0.2, 0.25) is 0 Å². The maximum Gasteiger partial charge on any atom is 0.387 e. The Kier molecular flexibility index (Phi) is 6.73. The van der Waals surface area contributed by atoms with Gasteiger partial charge in [-0.2, -0.15) is 8.78 Å². The van der Waals surface area contributed by atoms with Crippen molar-refractivity contribution in [2.75, 3.05) is 12.9 Å². The number of carbonyl (C=O) groups is 1. The van der Waals surface area contributed by atoms with E-state index in [2.05, 4.69) is 9.72 Å². The number of thioether (sulfide) groups is 1. The average molecular weight is 485 g/mol. The zero-order chi connectivity index (χ0) is 24.2. The predicted molar refractivity (Wildman–Crippen MR) is 122 cm³/mol. The van der Waals surface area contributed by atoms with Crippen LogP contribution in [0.2, 0.25) is 0 Å². The van der Waals surface area contributed by atoms with E-state index in [4.69, 9.17) is 4.74 Å². The quantitative estimate of drug-likeness (QED) is 0.133. The minimum Gasteiger partial charge on any atom is -0.495 e. The molecule has 4 aromatic rings. The Hall–Kier alpha value is -3.99. The first-order valence-corrected chi connectivity index (χ1v) is 10.9. The molecule has 0 atom stereocenters. The molecule has 11 heteroatoms. The van der Waals surface area contributed by atoms with Crippen molar-refractivity contribution in [3.05, 3.63) is 82.4 Å². The SMILES string of the molecule is COc1ccccc1-n1c(SCC(=O)c2ccc(OC(F)F)cc2)nc2cc([N+](=O)[O-])ccc21. The van der Waals surface area contributed by atoms with Gasteiger partial charge in [-0.1, -0.05) is 23.9 Å². The molecule has 0 N–H and O–H groups in total. The number of non-ortho nitro benzene ring substituents is 1. The van der Waals surface area contributed by atoms with Crippen LogP contribution in [0, 0.1) is 10.1 Å². The molecule has 8 nitrogen and oxygen atoms in total. The fourth-order valence-corrected chi connectivity index (χ4v) is 4.26. The highest BCUT2D eigenvalue weighted by Crippen LogP contribution is 2.34. The Morgan fingerprint density at radius 1 is 1.15 bits per heavy atom. The van der Waals surface area contributed by atoms with Crippen LogP contribution in [0.3, 0.4) is 0 Å². The summed E-state index contributed by atoms with van der Waals surface area (Å²) >= 11 is 1.14. The van der Waals surface area contributed by atoms with Gasteiger partial charge in [0, 0.05) is 17.7 Å². The van der Waals surface area contributed by atoms with Gasteiger partial charge >= 0.3 is 6.61 Å². The standard InChI is InChI=1S/C23H17F2N3O5S/c1-32-21-5-3-2-4-19(21)27-18-11-8-15(28(30)31)12-17(18)26-23(27)34-13-20(29)14-6-9-16(10-7-14)33-22(24)25/h2-12,22H,13H2,1H3. The molecule has 0 aliphatic rings. The smallest absolute Gasteiger partial charge is 0.387 e. The van der Waals surface area contributed by atoms with Crippen LogP contribution in [0.15, 0.2) is 71.9 Å². The molecule has 0 bridgehead atoms. The average Bonchev–Trinajstić information content (AvgIpc) is 3.19. The summed E-state index contributed by atoms with van der Waals surface area (Å²) in [5.41, 5.74) is 1.88. The molecule has 1 heterocycles. The molecule has 0 unspecified atom stereocenters. The number of ether oxygens (including phenoxy) is 2. The zero-order valence-electron chi connectivity index (χ0n) is 17.7. The van der Waals surface area contributed by atoms with Crippen LogP contribution in [0.4, 0.5) is 14.5 Å². The summed E-state index contributed by atoms with van der Waals surface area (Å²) in [5, 5.41) is 11.6. The molecule has 0 radical (unpaired) electrons. The molecule has 0 spiro atoms. The maximum absolute atomic E-state index is 12.7.